The molecule has 0 aliphatic carbocycles. The van der Waals surface area contributed by atoms with Crippen molar-refractivity contribution in [3.05, 3.63) is 17.5 Å². The van der Waals surface area contributed by atoms with Gasteiger partial charge in [-0.15, -0.1) is 11.3 Å². The van der Waals surface area contributed by atoms with Gasteiger partial charge in [-0.05, 0) is 11.4 Å². The van der Waals surface area contributed by atoms with Gasteiger partial charge in [-0.25, -0.2) is 8.42 Å². The van der Waals surface area contributed by atoms with Crippen molar-refractivity contribution in [2.24, 2.45) is 0 Å². The zero-order chi connectivity index (χ0) is 12.2. The molecule has 1 aromatic heterocycles. The van der Waals surface area contributed by atoms with Gasteiger partial charge in [0.25, 0.3) is 10.0 Å². The summed E-state index contributed by atoms with van der Waals surface area (Å²) in [6.07, 6.45) is 0. The van der Waals surface area contributed by atoms with E-state index >= 15 is 0 Å². The first kappa shape index (κ1) is 13.1. The van der Waals surface area contributed by atoms with Gasteiger partial charge in [-0.3, -0.25) is 4.79 Å². The molecule has 0 saturated carbocycles. The normalized spacial score (nSPS) is 11.7. The minimum absolute atomic E-state index is 0.146. The van der Waals surface area contributed by atoms with Crippen LogP contribution in [0.5, 0.6) is 0 Å². The highest BCUT2D eigenvalue weighted by Crippen LogP contribution is 2.20. The van der Waals surface area contributed by atoms with Gasteiger partial charge < -0.3 is 5.32 Å². The Bertz CT molecular complexity index is 439. The predicted molar refractivity (Wildman–Crippen MR) is 62.8 cm³/mol. The summed E-state index contributed by atoms with van der Waals surface area (Å²) in [4.78, 5) is 11.2. The molecule has 0 fully saturated rings. The molecule has 0 radical (unpaired) electrons. The fraction of sp³-hybridized carbons (Fsp3) is 0.444. The van der Waals surface area contributed by atoms with Crippen LogP contribution in [0.3, 0.4) is 0 Å². The summed E-state index contributed by atoms with van der Waals surface area (Å²) >= 11 is 1.15. The monoisotopic (exact) mass is 262 g/mol. The molecule has 1 rings (SSSR count). The van der Waals surface area contributed by atoms with Crippen molar-refractivity contribution in [3.8, 4) is 0 Å². The first-order valence-electron chi connectivity index (χ1n) is 4.76. The molecule has 0 bridgehead atoms. The van der Waals surface area contributed by atoms with Gasteiger partial charge in [0.1, 0.15) is 4.21 Å². The standard InChI is InChI=1S/C9H14N2O3S2/c1-3-11(7-8(12)10-2)16(13,14)9-5-4-6-15-9/h4-6H,3,7H2,1-2H3,(H,10,12). The molecule has 0 aliphatic rings. The molecule has 0 atom stereocenters. The lowest BCUT2D eigenvalue weighted by atomic mass is 10.5. The summed E-state index contributed by atoms with van der Waals surface area (Å²) in [6.45, 7) is 1.83. The number of hydrogen-bond donors (Lipinski definition) is 1. The van der Waals surface area contributed by atoms with E-state index in [1.807, 2.05) is 0 Å². The topological polar surface area (TPSA) is 66.5 Å². The minimum Gasteiger partial charge on any atom is -0.358 e. The Labute approximate surface area is 99.1 Å². The number of nitrogens with one attached hydrogen (secondary N) is 1. The maximum atomic E-state index is 12.0. The number of nitrogens with zero attached hydrogens (tertiary/aromatic N) is 1. The molecule has 0 aromatic carbocycles. The van der Waals surface area contributed by atoms with Crippen LogP contribution in [0, 0.1) is 0 Å². The van der Waals surface area contributed by atoms with E-state index in [1.54, 1.807) is 18.4 Å². The highest BCUT2D eigenvalue weighted by molar-refractivity contribution is 7.91. The smallest absolute Gasteiger partial charge is 0.253 e. The lowest BCUT2D eigenvalue weighted by molar-refractivity contribution is -0.120. The van der Waals surface area contributed by atoms with Crippen molar-refractivity contribution in [2.45, 2.75) is 11.1 Å². The molecule has 5 nitrogen and oxygen atoms in total. The fourth-order valence-electron chi connectivity index (χ4n) is 1.14. The van der Waals surface area contributed by atoms with Crippen LogP contribution in [-0.2, 0) is 14.8 Å². The molecule has 0 aliphatic heterocycles. The van der Waals surface area contributed by atoms with E-state index < -0.39 is 10.0 Å². The highest BCUT2D eigenvalue weighted by Gasteiger charge is 2.25. The summed E-state index contributed by atoms with van der Waals surface area (Å²) in [7, 11) is -2.04. The molecular weight excluding hydrogens is 248 g/mol. The van der Waals surface area contributed by atoms with Crippen LogP contribution >= 0.6 is 11.3 Å². The third kappa shape index (κ3) is 2.81. The largest absolute Gasteiger partial charge is 0.358 e. The second kappa shape index (κ2) is 5.42. The Morgan fingerprint density at radius 3 is 2.69 bits per heavy atom. The zero-order valence-electron chi connectivity index (χ0n) is 9.13. The summed E-state index contributed by atoms with van der Waals surface area (Å²) < 4.78 is 25.5. The number of amides is 1. The predicted octanol–water partition coefficient (Wildman–Crippen LogP) is 0.505. The summed E-state index contributed by atoms with van der Waals surface area (Å²) in [5, 5.41) is 4.10. The lowest BCUT2D eigenvalue weighted by Gasteiger charge is -2.18. The Kier molecular flexibility index (Phi) is 4.45. The van der Waals surface area contributed by atoms with Crippen LogP contribution in [-0.4, -0.2) is 38.8 Å². The van der Waals surface area contributed by atoms with Crippen LogP contribution in [0.4, 0.5) is 0 Å². The first-order valence-corrected chi connectivity index (χ1v) is 7.08. The molecule has 90 valence electrons. The van der Waals surface area contributed by atoms with Crippen LogP contribution in [0.25, 0.3) is 0 Å². The van der Waals surface area contributed by atoms with Crippen LogP contribution < -0.4 is 5.32 Å². The number of rotatable bonds is 5. The van der Waals surface area contributed by atoms with Gasteiger partial charge in [0.2, 0.25) is 5.91 Å². The summed E-state index contributed by atoms with van der Waals surface area (Å²) in [6, 6.07) is 3.21. The maximum absolute atomic E-state index is 12.0. The van der Waals surface area contributed by atoms with Crippen molar-refractivity contribution in [1.29, 1.82) is 0 Å². The second-order valence-electron chi connectivity index (χ2n) is 3.04. The number of thiophene rings is 1. The van der Waals surface area contributed by atoms with Crippen molar-refractivity contribution in [3.63, 3.8) is 0 Å². The lowest BCUT2D eigenvalue weighted by Crippen LogP contribution is -2.39. The minimum atomic E-state index is -3.52. The summed E-state index contributed by atoms with van der Waals surface area (Å²) in [5.74, 6) is -0.318. The van der Waals surface area contributed by atoms with Gasteiger partial charge in [-0.2, -0.15) is 4.31 Å². The third-order valence-corrected chi connectivity index (χ3v) is 5.33. The molecule has 1 aromatic rings. The number of hydrogen-bond acceptors (Lipinski definition) is 4. The molecule has 0 spiro atoms. The Hall–Kier alpha value is -0.920. The first-order chi connectivity index (χ1) is 7.52. The van der Waals surface area contributed by atoms with Gasteiger partial charge >= 0.3 is 0 Å². The van der Waals surface area contributed by atoms with E-state index in [0.29, 0.717) is 0 Å². The van der Waals surface area contributed by atoms with Crippen molar-refractivity contribution >= 4 is 27.3 Å². The zero-order valence-corrected chi connectivity index (χ0v) is 10.8. The summed E-state index contributed by atoms with van der Waals surface area (Å²) in [5.41, 5.74) is 0. The average molecular weight is 262 g/mol. The fourth-order valence-corrected chi connectivity index (χ4v) is 3.69. The quantitative estimate of drug-likeness (QED) is 0.840. The van der Waals surface area contributed by atoms with Crippen molar-refractivity contribution in [2.75, 3.05) is 20.1 Å². The van der Waals surface area contributed by atoms with E-state index in [0.717, 1.165) is 15.6 Å². The molecule has 16 heavy (non-hydrogen) atoms. The van der Waals surface area contributed by atoms with Crippen molar-refractivity contribution in [1.82, 2.24) is 9.62 Å². The maximum Gasteiger partial charge on any atom is 0.253 e. The molecule has 1 N–H and O–H groups in total. The molecule has 0 unspecified atom stereocenters. The molecule has 7 heteroatoms. The van der Waals surface area contributed by atoms with Gasteiger partial charge in [-0.1, -0.05) is 13.0 Å². The number of likely N-dealkylation sites (N-methyl/N-ethyl adjacent to an activating group) is 2. The van der Waals surface area contributed by atoms with Crippen LogP contribution in [0.2, 0.25) is 0 Å². The second-order valence-corrected chi connectivity index (χ2v) is 6.15. The van der Waals surface area contributed by atoms with Gasteiger partial charge in [0.15, 0.2) is 0 Å². The van der Waals surface area contributed by atoms with E-state index in [1.165, 1.54) is 13.1 Å². The third-order valence-electron chi connectivity index (χ3n) is 2.04. The van der Waals surface area contributed by atoms with Gasteiger partial charge in [0, 0.05) is 13.6 Å². The molecule has 0 saturated heterocycles. The molecule has 1 amide bonds. The Balaban J connectivity index is 2.92. The van der Waals surface area contributed by atoms with Crippen LogP contribution in [0.15, 0.2) is 21.7 Å². The molecular formula is C9H14N2O3S2. The van der Waals surface area contributed by atoms with E-state index in [2.05, 4.69) is 5.32 Å². The average Bonchev–Trinajstić information content (AvgIpc) is 2.78. The molecule has 1 heterocycles. The Morgan fingerprint density at radius 1 is 1.56 bits per heavy atom. The van der Waals surface area contributed by atoms with Gasteiger partial charge in [0.05, 0.1) is 6.54 Å². The Morgan fingerprint density at radius 2 is 2.25 bits per heavy atom. The highest BCUT2D eigenvalue weighted by atomic mass is 32.2. The van der Waals surface area contributed by atoms with E-state index in [-0.39, 0.29) is 23.2 Å². The SMILES string of the molecule is CCN(CC(=O)NC)S(=O)(=O)c1cccs1. The van der Waals surface area contributed by atoms with Crippen molar-refractivity contribution < 1.29 is 13.2 Å². The number of sulfonamides is 1. The van der Waals surface area contributed by atoms with E-state index in [4.69, 9.17) is 0 Å². The number of carbonyl (C=O) groups is 1. The van der Waals surface area contributed by atoms with E-state index in [9.17, 15) is 13.2 Å². The van der Waals surface area contributed by atoms with Crippen LogP contribution in [0.1, 0.15) is 6.92 Å². The number of carbonyl (C=O) groups excluding carboxylic acids is 1.